The van der Waals surface area contributed by atoms with Crippen LogP contribution in [0.25, 0.3) is 0 Å². The highest BCUT2D eigenvalue weighted by atomic mass is 32.1. The third kappa shape index (κ3) is 4.17. The molecule has 0 radical (unpaired) electrons. The molecule has 0 atom stereocenters. The van der Waals surface area contributed by atoms with Crippen molar-refractivity contribution in [1.82, 2.24) is 5.32 Å². The molecule has 3 heteroatoms. The summed E-state index contributed by atoms with van der Waals surface area (Å²) in [6.07, 6.45) is 0. The minimum atomic E-state index is 0.105. The number of thiophene rings is 1. The van der Waals surface area contributed by atoms with E-state index in [4.69, 9.17) is 5.11 Å². The number of benzene rings is 1. The zero-order chi connectivity index (χ0) is 14.6. The van der Waals surface area contributed by atoms with Crippen LogP contribution in [0.5, 0.6) is 0 Å². The number of aliphatic hydroxyl groups excluding tert-OH is 1. The first kappa shape index (κ1) is 15.2. The third-order valence-electron chi connectivity index (χ3n) is 3.20. The van der Waals surface area contributed by atoms with Crippen molar-refractivity contribution in [2.24, 2.45) is 0 Å². The van der Waals surface area contributed by atoms with E-state index in [0.29, 0.717) is 0 Å². The van der Waals surface area contributed by atoms with Gasteiger partial charge in [0, 0.05) is 22.8 Å². The van der Waals surface area contributed by atoms with E-state index in [-0.39, 0.29) is 12.0 Å². The fourth-order valence-electron chi connectivity index (χ4n) is 2.04. The van der Waals surface area contributed by atoms with Crippen LogP contribution in [0.1, 0.15) is 41.7 Å². The van der Waals surface area contributed by atoms with E-state index in [1.807, 2.05) is 29.5 Å². The Bertz CT molecular complexity index is 554. The van der Waals surface area contributed by atoms with Gasteiger partial charge in [-0.25, -0.2) is 0 Å². The molecule has 0 amide bonds. The molecular weight excluding hydrogens is 266 g/mol. The Hall–Kier alpha value is -1.16. The van der Waals surface area contributed by atoms with Crippen molar-refractivity contribution in [3.8, 4) is 0 Å². The van der Waals surface area contributed by atoms with Gasteiger partial charge in [0.15, 0.2) is 0 Å². The standard InChI is InChI=1S/C17H23NOS/c1-17(2,3)16-8-7-15(20-16)11-18-10-13-5-4-6-14(9-13)12-19/h4-9,18-19H,10-12H2,1-3H3. The molecule has 0 aliphatic heterocycles. The summed E-state index contributed by atoms with van der Waals surface area (Å²) >= 11 is 1.88. The van der Waals surface area contributed by atoms with Crippen LogP contribution in [-0.2, 0) is 25.1 Å². The Morgan fingerprint density at radius 2 is 1.80 bits per heavy atom. The molecule has 0 aliphatic carbocycles. The number of nitrogens with one attached hydrogen (secondary N) is 1. The van der Waals surface area contributed by atoms with E-state index < -0.39 is 0 Å². The number of hydrogen-bond acceptors (Lipinski definition) is 3. The first-order chi connectivity index (χ1) is 9.49. The second kappa shape index (κ2) is 6.53. The minimum absolute atomic E-state index is 0.105. The molecule has 0 fully saturated rings. The van der Waals surface area contributed by atoms with Crippen LogP contribution >= 0.6 is 11.3 Å². The zero-order valence-corrected chi connectivity index (χ0v) is 13.3. The first-order valence-electron chi connectivity index (χ1n) is 6.97. The fourth-order valence-corrected chi connectivity index (χ4v) is 3.08. The first-order valence-corrected chi connectivity index (χ1v) is 7.79. The van der Waals surface area contributed by atoms with Crippen LogP contribution < -0.4 is 5.32 Å². The molecule has 1 aromatic carbocycles. The van der Waals surface area contributed by atoms with Gasteiger partial charge in [0.1, 0.15) is 0 Å². The molecule has 1 heterocycles. The van der Waals surface area contributed by atoms with Crippen molar-refractivity contribution < 1.29 is 5.11 Å². The lowest BCUT2D eigenvalue weighted by molar-refractivity contribution is 0.281. The van der Waals surface area contributed by atoms with Gasteiger partial charge >= 0.3 is 0 Å². The topological polar surface area (TPSA) is 32.3 Å². The van der Waals surface area contributed by atoms with Crippen LogP contribution in [0.3, 0.4) is 0 Å². The van der Waals surface area contributed by atoms with Crippen LogP contribution in [0.2, 0.25) is 0 Å². The summed E-state index contributed by atoms with van der Waals surface area (Å²) in [5.74, 6) is 0. The van der Waals surface area contributed by atoms with Crippen LogP contribution in [0, 0.1) is 0 Å². The quantitative estimate of drug-likeness (QED) is 0.877. The maximum atomic E-state index is 9.13. The number of hydrogen-bond donors (Lipinski definition) is 2. The molecule has 0 unspecified atom stereocenters. The van der Waals surface area contributed by atoms with Crippen LogP contribution in [0.4, 0.5) is 0 Å². The maximum absolute atomic E-state index is 9.13. The smallest absolute Gasteiger partial charge is 0.0681 e. The van der Waals surface area contributed by atoms with Gasteiger partial charge in [0.25, 0.3) is 0 Å². The number of rotatable bonds is 5. The molecule has 0 aliphatic rings. The van der Waals surface area contributed by atoms with E-state index >= 15 is 0 Å². The van der Waals surface area contributed by atoms with E-state index in [9.17, 15) is 0 Å². The SMILES string of the molecule is CC(C)(C)c1ccc(CNCc2cccc(CO)c2)s1. The van der Waals surface area contributed by atoms with Gasteiger partial charge in [0.2, 0.25) is 0 Å². The van der Waals surface area contributed by atoms with Crippen molar-refractivity contribution in [2.45, 2.75) is 45.9 Å². The van der Waals surface area contributed by atoms with Gasteiger partial charge in [-0.1, -0.05) is 45.0 Å². The molecule has 0 saturated carbocycles. The Morgan fingerprint density at radius 3 is 2.45 bits per heavy atom. The fraction of sp³-hybridized carbons (Fsp3) is 0.412. The second-order valence-corrected chi connectivity index (χ2v) is 7.27. The van der Waals surface area contributed by atoms with Crippen LogP contribution in [0.15, 0.2) is 36.4 Å². The lowest BCUT2D eigenvalue weighted by atomic mass is 9.95. The molecule has 2 rings (SSSR count). The lowest BCUT2D eigenvalue weighted by Crippen LogP contribution is -2.12. The molecule has 0 saturated heterocycles. The second-order valence-electron chi connectivity index (χ2n) is 6.10. The van der Waals surface area contributed by atoms with Gasteiger partial charge < -0.3 is 10.4 Å². The van der Waals surface area contributed by atoms with Crippen molar-refractivity contribution >= 4 is 11.3 Å². The Morgan fingerprint density at radius 1 is 1.05 bits per heavy atom. The molecule has 2 N–H and O–H groups in total. The van der Waals surface area contributed by atoms with E-state index in [1.165, 1.54) is 15.3 Å². The average molecular weight is 289 g/mol. The minimum Gasteiger partial charge on any atom is -0.392 e. The lowest BCUT2D eigenvalue weighted by Gasteiger charge is -2.15. The summed E-state index contributed by atoms with van der Waals surface area (Å²) < 4.78 is 0. The van der Waals surface area contributed by atoms with Gasteiger partial charge in [-0.3, -0.25) is 0 Å². The van der Waals surface area contributed by atoms with Crippen molar-refractivity contribution in [2.75, 3.05) is 0 Å². The monoisotopic (exact) mass is 289 g/mol. The summed E-state index contributed by atoms with van der Waals surface area (Å²) in [5, 5.41) is 12.6. The van der Waals surface area contributed by atoms with Gasteiger partial charge in [-0.05, 0) is 28.7 Å². The normalized spacial score (nSPS) is 11.8. The largest absolute Gasteiger partial charge is 0.392 e. The highest BCUT2D eigenvalue weighted by molar-refractivity contribution is 7.12. The highest BCUT2D eigenvalue weighted by Crippen LogP contribution is 2.29. The zero-order valence-electron chi connectivity index (χ0n) is 12.4. The van der Waals surface area contributed by atoms with Gasteiger partial charge in [0.05, 0.1) is 6.61 Å². The summed E-state index contributed by atoms with van der Waals surface area (Å²) in [5.41, 5.74) is 2.41. The van der Waals surface area contributed by atoms with E-state index in [0.717, 1.165) is 18.7 Å². The molecule has 108 valence electrons. The Labute approximate surface area is 125 Å². The molecule has 2 aromatic rings. The van der Waals surface area contributed by atoms with Crippen molar-refractivity contribution in [1.29, 1.82) is 0 Å². The molecule has 1 aromatic heterocycles. The molecule has 20 heavy (non-hydrogen) atoms. The predicted octanol–water partition coefficient (Wildman–Crippen LogP) is 3.83. The van der Waals surface area contributed by atoms with Crippen molar-refractivity contribution in [3.05, 3.63) is 57.3 Å². The molecule has 0 bridgehead atoms. The maximum Gasteiger partial charge on any atom is 0.0681 e. The Kier molecular flexibility index (Phi) is 4.97. The summed E-state index contributed by atoms with van der Waals surface area (Å²) in [7, 11) is 0. The van der Waals surface area contributed by atoms with Crippen molar-refractivity contribution in [3.63, 3.8) is 0 Å². The highest BCUT2D eigenvalue weighted by Gasteiger charge is 2.15. The Balaban J connectivity index is 1.88. The van der Waals surface area contributed by atoms with E-state index in [2.05, 4.69) is 44.3 Å². The predicted molar refractivity (Wildman–Crippen MR) is 85.9 cm³/mol. The van der Waals surface area contributed by atoms with Gasteiger partial charge in [-0.2, -0.15) is 0 Å². The molecule has 2 nitrogen and oxygen atoms in total. The summed E-state index contributed by atoms with van der Waals surface area (Å²) in [6, 6.07) is 12.5. The third-order valence-corrected chi connectivity index (χ3v) is 4.71. The van der Waals surface area contributed by atoms with E-state index in [1.54, 1.807) is 0 Å². The number of aliphatic hydroxyl groups is 1. The molecule has 0 spiro atoms. The van der Waals surface area contributed by atoms with Crippen LogP contribution in [-0.4, -0.2) is 5.11 Å². The average Bonchev–Trinajstić information content (AvgIpc) is 2.88. The summed E-state index contributed by atoms with van der Waals surface area (Å²) in [4.78, 5) is 2.80. The van der Waals surface area contributed by atoms with Gasteiger partial charge in [-0.15, -0.1) is 11.3 Å². The summed E-state index contributed by atoms with van der Waals surface area (Å²) in [6.45, 7) is 8.57. The molecular formula is C17H23NOS.